The van der Waals surface area contributed by atoms with E-state index in [-0.39, 0.29) is 24.3 Å². The Morgan fingerprint density at radius 1 is 1.18 bits per heavy atom. The molecule has 0 saturated carbocycles. The number of carbonyl (C=O) groups is 1. The molecule has 3 aromatic rings. The van der Waals surface area contributed by atoms with Crippen LogP contribution in [0, 0.1) is 0 Å². The molecule has 1 heterocycles. The molecule has 28 heavy (non-hydrogen) atoms. The summed E-state index contributed by atoms with van der Waals surface area (Å²) >= 11 is 7.21. The number of aromatic nitrogens is 3. The number of nitrogens with zero attached hydrogens (tertiary/aromatic N) is 3. The lowest BCUT2D eigenvalue weighted by Gasteiger charge is -2.14. The maximum absolute atomic E-state index is 12.2. The van der Waals surface area contributed by atoms with Crippen LogP contribution in [0.3, 0.4) is 0 Å². The van der Waals surface area contributed by atoms with Gasteiger partial charge >= 0.3 is 0 Å². The van der Waals surface area contributed by atoms with Crippen molar-refractivity contribution < 1.29 is 9.53 Å². The topological polar surface area (TPSA) is 69.0 Å². The highest BCUT2D eigenvalue weighted by Crippen LogP contribution is 2.19. The molecular formula is C20H21ClN4O2S. The highest BCUT2D eigenvalue weighted by atomic mass is 35.5. The molecule has 0 saturated heterocycles. The predicted molar refractivity (Wildman–Crippen MR) is 111 cm³/mol. The van der Waals surface area contributed by atoms with Gasteiger partial charge < -0.3 is 14.6 Å². The van der Waals surface area contributed by atoms with E-state index in [1.807, 2.05) is 48.9 Å². The number of hydrogen-bond donors (Lipinski definition) is 1. The Morgan fingerprint density at radius 3 is 2.61 bits per heavy atom. The average Bonchev–Trinajstić information content (AvgIpc) is 3.06. The lowest BCUT2D eigenvalue weighted by molar-refractivity contribution is -0.119. The average molecular weight is 417 g/mol. The second-order valence-electron chi connectivity index (χ2n) is 6.19. The smallest absolute Gasteiger partial charge is 0.230 e. The lowest BCUT2D eigenvalue weighted by atomic mass is 10.1. The van der Waals surface area contributed by atoms with E-state index in [1.165, 1.54) is 11.8 Å². The zero-order valence-electron chi connectivity index (χ0n) is 15.6. The lowest BCUT2D eigenvalue weighted by Crippen LogP contribution is -2.28. The quantitative estimate of drug-likeness (QED) is 0.562. The Morgan fingerprint density at radius 2 is 1.89 bits per heavy atom. The van der Waals surface area contributed by atoms with Crippen molar-refractivity contribution in [3.8, 4) is 5.75 Å². The number of hydrogen-bond acceptors (Lipinski definition) is 5. The van der Waals surface area contributed by atoms with E-state index in [1.54, 1.807) is 24.3 Å². The number of carbonyl (C=O) groups excluding carboxylic acids is 1. The summed E-state index contributed by atoms with van der Waals surface area (Å²) in [7, 11) is 1.85. The van der Waals surface area contributed by atoms with Gasteiger partial charge in [0.05, 0.1) is 11.8 Å². The fourth-order valence-corrected chi connectivity index (χ4v) is 3.38. The molecule has 0 unspecified atom stereocenters. The van der Waals surface area contributed by atoms with Gasteiger partial charge in [-0.05, 0) is 36.8 Å². The minimum absolute atomic E-state index is 0.0443. The number of thioether (sulfide) groups is 1. The first kappa shape index (κ1) is 20.2. The second-order valence-corrected chi connectivity index (χ2v) is 7.57. The van der Waals surface area contributed by atoms with Gasteiger partial charge in [0.1, 0.15) is 12.4 Å². The summed E-state index contributed by atoms with van der Waals surface area (Å²) in [5.41, 5.74) is 1.07. The summed E-state index contributed by atoms with van der Waals surface area (Å²) in [6.45, 7) is 2.25. The fraction of sp³-hybridized carbons (Fsp3) is 0.250. The van der Waals surface area contributed by atoms with E-state index >= 15 is 0 Å². The number of benzene rings is 2. The van der Waals surface area contributed by atoms with Crippen LogP contribution in [-0.4, -0.2) is 26.4 Å². The van der Waals surface area contributed by atoms with Crippen LogP contribution in [0.4, 0.5) is 0 Å². The summed E-state index contributed by atoms with van der Waals surface area (Å²) in [6.07, 6.45) is 0. The molecule has 146 valence electrons. The van der Waals surface area contributed by atoms with Crippen LogP contribution in [0.25, 0.3) is 0 Å². The largest absolute Gasteiger partial charge is 0.486 e. The van der Waals surface area contributed by atoms with Crippen LogP contribution < -0.4 is 10.1 Å². The van der Waals surface area contributed by atoms with Crippen molar-refractivity contribution in [3.63, 3.8) is 0 Å². The van der Waals surface area contributed by atoms with Gasteiger partial charge in [0.25, 0.3) is 0 Å². The molecule has 1 aromatic heterocycles. The molecule has 1 atom stereocenters. The number of nitrogens with one attached hydrogen (secondary N) is 1. The standard InChI is InChI=1S/C20H21ClN4O2S/c1-14(15-6-4-3-5-7-15)22-19(26)13-28-20-24-23-18(25(20)2)12-27-17-10-8-16(21)9-11-17/h3-11,14H,12-13H2,1-2H3,(H,22,26)/t14-/m1/s1. The molecular weight excluding hydrogens is 396 g/mol. The third-order valence-electron chi connectivity index (χ3n) is 4.12. The molecule has 8 heteroatoms. The highest BCUT2D eigenvalue weighted by Gasteiger charge is 2.14. The summed E-state index contributed by atoms with van der Waals surface area (Å²) < 4.78 is 7.53. The molecule has 0 bridgehead atoms. The molecule has 0 aliphatic rings. The summed E-state index contributed by atoms with van der Waals surface area (Å²) in [5.74, 6) is 1.59. The van der Waals surface area contributed by atoms with Gasteiger partial charge in [0, 0.05) is 12.1 Å². The van der Waals surface area contributed by atoms with Crippen molar-refractivity contribution in [2.75, 3.05) is 5.75 Å². The van der Waals surface area contributed by atoms with Gasteiger partial charge in [0.2, 0.25) is 5.91 Å². The van der Waals surface area contributed by atoms with Gasteiger partial charge in [-0.1, -0.05) is 53.7 Å². The van der Waals surface area contributed by atoms with E-state index in [9.17, 15) is 4.79 Å². The Balaban J connectivity index is 1.49. The van der Waals surface area contributed by atoms with Gasteiger partial charge in [0.15, 0.2) is 11.0 Å². The van der Waals surface area contributed by atoms with E-state index in [0.29, 0.717) is 21.8 Å². The van der Waals surface area contributed by atoms with E-state index in [0.717, 1.165) is 5.56 Å². The first-order valence-corrected chi connectivity index (χ1v) is 10.1. The minimum atomic E-state index is -0.0525. The van der Waals surface area contributed by atoms with Crippen LogP contribution in [-0.2, 0) is 18.4 Å². The minimum Gasteiger partial charge on any atom is -0.486 e. The number of rotatable bonds is 8. The Bertz CT molecular complexity index is 916. The van der Waals surface area contributed by atoms with Gasteiger partial charge in [-0.15, -0.1) is 10.2 Å². The van der Waals surface area contributed by atoms with Crippen molar-refractivity contribution in [2.24, 2.45) is 7.05 Å². The molecule has 1 amide bonds. The maximum atomic E-state index is 12.2. The molecule has 2 aromatic carbocycles. The molecule has 6 nitrogen and oxygen atoms in total. The predicted octanol–water partition coefficient (Wildman–Crippen LogP) is 4.02. The summed E-state index contributed by atoms with van der Waals surface area (Å²) in [4.78, 5) is 12.2. The summed E-state index contributed by atoms with van der Waals surface area (Å²) in [5, 5.41) is 12.6. The zero-order valence-corrected chi connectivity index (χ0v) is 17.2. The maximum Gasteiger partial charge on any atom is 0.230 e. The zero-order chi connectivity index (χ0) is 19.9. The van der Waals surface area contributed by atoms with Crippen molar-refractivity contribution in [1.29, 1.82) is 0 Å². The molecule has 0 aliphatic heterocycles. The third kappa shape index (κ3) is 5.50. The fourth-order valence-electron chi connectivity index (χ4n) is 2.51. The Labute approximate surface area is 173 Å². The molecule has 3 rings (SSSR count). The van der Waals surface area contributed by atoms with Crippen LogP contribution in [0.15, 0.2) is 59.8 Å². The number of halogens is 1. The van der Waals surface area contributed by atoms with E-state index in [4.69, 9.17) is 16.3 Å². The molecule has 0 radical (unpaired) electrons. The monoisotopic (exact) mass is 416 g/mol. The highest BCUT2D eigenvalue weighted by molar-refractivity contribution is 7.99. The van der Waals surface area contributed by atoms with Gasteiger partial charge in [-0.25, -0.2) is 0 Å². The van der Waals surface area contributed by atoms with Crippen molar-refractivity contribution in [2.45, 2.75) is 24.7 Å². The van der Waals surface area contributed by atoms with Crippen molar-refractivity contribution >= 4 is 29.3 Å². The number of amides is 1. The van der Waals surface area contributed by atoms with Crippen LogP contribution >= 0.6 is 23.4 Å². The molecule has 0 spiro atoms. The molecule has 0 aliphatic carbocycles. The van der Waals surface area contributed by atoms with Crippen molar-refractivity contribution in [3.05, 3.63) is 71.0 Å². The summed E-state index contributed by atoms with van der Waals surface area (Å²) in [6, 6.07) is 16.9. The van der Waals surface area contributed by atoms with Crippen molar-refractivity contribution in [1.82, 2.24) is 20.1 Å². The first-order chi connectivity index (χ1) is 13.5. The molecule has 0 fully saturated rings. The van der Waals surface area contributed by atoms with Crippen LogP contribution in [0.1, 0.15) is 24.4 Å². The number of ether oxygens (including phenoxy) is 1. The van der Waals surface area contributed by atoms with Gasteiger partial charge in [-0.3, -0.25) is 4.79 Å². The first-order valence-electron chi connectivity index (χ1n) is 8.76. The third-order valence-corrected chi connectivity index (χ3v) is 5.39. The van der Waals surface area contributed by atoms with Gasteiger partial charge in [-0.2, -0.15) is 0 Å². The van der Waals surface area contributed by atoms with Crippen LogP contribution in [0.2, 0.25) is 5.02 Å². The SMILES string of the molecule is C[C@@H](NC(=O)CSc1nnc(COc2ccc(Cl)cc2)n1C)c1ccccc1. The van der Waals surface area contributed by atoms with Crippen LogP contribution in [0.5, 0.6) is 5.75 Å². The second kappa shape index (κ2) is 9.61. The normalized spacial score (nSPS) is 11.8. The van der Waals surface area contributed by atoms with E-state index < -0.39 is 0 Å². The Hall–Kier alpha value is -2.51. The molecule has 1 N–H and O–H groups in total. The Kier molecular flexibility index (Phi) is 6.95. The van der Waals surface area contributed by atoms with E-state index in [2.05, 4.69) is 15.5 Å².